The second kappa shape index (κ2) is 13.2. The zero-order chi connectivity index (χ0) is 28.0. The molecule has 0 amide bonds. The van der Waals surface area contributed by atoms with Crippen LogP contribution >= 0.6 is 23.5 Å². The van der Waals surface area contributed by atoms with Crippen LogP contribution in [0.25, 0.3) is 0 Å². The van der Waals surface area contributed by atoms with E-state index < -0.39 is 0 Å². The summed E-state index contributed by atoms with van der Waals surface area (Å²) in [5.74, 6) is 5.98. The third-order valence-corrected chi connectivity index (χ3v) is 11.9. The monoisotopic (exact) mass is 575 g/mol. The van der Waals surface area contributed by atoms with E-state index in [1.807, 2.05) is 0 Å². The third-order valence-electron chi connectivity index (χ3n) is 8.49. The van der Waals surface area contributed by atoms with Crippen LogP contribution in [0.4, 0.5) is 0 Å². The van der Waals surface area contributed by atoms with E-state index in [0.29, 0.717) is 11.8 Å². The van der Waals surface area contributed by atoms with Crippen molar-refractivity contribution >= 4 is 23.5 Å². The molecular formula is C31H45NO5S2. The molecule has 216 valence electrons. The van der Waals surface area contributed by atoms with Crippen LogP contribution < -0.4 is 23.7 Å². The summed E-state index contributed by atoms with van der Waals surface area (Å²) >= 11 is 4.13. The van der Waals surface area contributed by atoms with E-state index in [0.717, 1.165) is 47.5 Å². The van der Waals surface area contributed by atoms with Crippen molar-refractivity contribution < 1.29 is 23.7 Å². The standard InChI is InChI=1S/C31H45NO5S2/c1-22(32(2)21-30(13-8-9-14-30)23-11-12-25(33-3)26(17-23)34-4)20-31(38-15-10-16-39-31)24-18-27(35-5)29(37-7)28(19-24)36-6/h11-12,17-19,22H,8-10,13-16,20-21H2,1-7H3. The summed E-state index contributed by atoms with van der Waals surface area (Å²) in [5.41, 5.74) is 2.72. The number of nitrogens with zero attached hydrogens (tertiary/aromatic N) is 1. The topological polar surface area (TPSA) is 49.4 Å². The first kappa shape index (κ1) is 30.1. The van der Waals surface area contributed by atoms with Gasteiger partial charge in [-0.2, -0.15) is 0 Å². The molecule has 1 saturated heterocycles. The Hall–Kier alpha value is -1.90. The minimum Gasteiger partial charge on any atom is -0.493 e. The van der Waals surface area contributed by atoms with Gasteiger partial charge in [0.25, 0.3) is 0 Å². The average molecular weight is 576 g/mol. The maximum atomic E-state index is 5.74. The highest BCUT2D eigenvalue weighted by Gasteiger charge is 2.42. The summed E-state index contributed by atoms with van der Waals surface area (Å²) < 4.78 is 28.2. The zero-order valence-electron chi connectivity index (χ0n) is 24.6. The molecule has 0 spiro atoms. The fourth-order valence-corrected chi connectivity index (χ4v) is 9.75. The van der Waals surface area contributed by atoms with Crippen molar-refractivity contribution in [2.24, 2.45) is 0 Å². The molecule has 0 bridgehead atoms. The van der Waals surface area contributed by atoms with Gasteiger partial charge >= 0.3 is 0 Å². The molecular weight excluding hydrogens is 530 g/mol. The van der Waals surface area contributed by atoms with Gasteiger partial charge in [0.1, 0.15) is 0 Å². The predicted octanol–water partition coefficient (Wildman–Crippen LogP) is 6.97. The van der Waals surface area contributed by atoms with Gasteiger partial charge in [-0.15, -0.1) is 23.5 Å². The number of hydrogen-bond acceptors (Lipinski definition) is 8. The van der Waals surface area contributed by atoms with Crippen molar-refractivity contribution in [2.45, 2.75) is 61.0 Å². The molecule has 1 heterocycles. The second-order valence-electron chi connectivity index (χ2n) is 10.7. The van der Waals surface area contributed by atoms with Crippen molar-refractivity contribution in [1.82, 2.24) is 4.90 Å². The van der Waals surface area contributed by atoms with Crippen LogP contribution in [0.5, 0.6) is 28.7 Å². The van der Waals surface area contributed by atoms with E-state index in [-0.39, 0.29) is 9.49 Å². The molecule has 2 aliphatic rings. The van der Waals surface area contributed by atoms with Gasteiger partial charge in [-0.05, 0) is 86.6 Å². The van der Waals surface area contributed by atoms with Crippen LogP contribution in [0.2, 0.25) is 0 Å². The lowest BCUT2D eigenvalue weighted by molar-refractivity contribution is 0.185. The molecule has 4 rings (SSSR count). The Morgan fingerprint density at radius 2 is 1.31 bits per heavy atom. The summed E-state index contributed by atoms with van der Waals surface area (Å²) in [7, 11) is 10.8. The highest BCUT2D eigenvalue weighted by molar-refractivity contribution is 8.18. The Kier molecular flexibility index (Phi) is 10.2. The molecule has 0 N–H and O–H groups in total. The number of methoxy groups -OCH3 is 5. The summed E-state index contributed by atoms with van der Waals surface area (Å²) in [6, 6.07) is 11.2. The summed E-state index contributed by atoms with van der Waals surface area (Å²) in [6.07, 6.45) is 7.17. The smallest absolute Gasteiger partial charge is 0.203 e. The predicted molar refractivity (Wildman–Crippen MR) is 164 cm³/mol. The fraction of sp³-hybridized carbons (Fsp3) is 0.613. The van der Waals surface area contributed by atoms with Crippen molar-refractivity contribution in [3.63, 3.8) is 0 Å². The molecule has 6 nitrogen and oxygen atoms in total. The normalized spacial score (nSPS) is 19.0. The van der Waals surface area contributed by atoms with Gasteiger partial charge in [0.2, 0.25) is 5.75 Å². The molecule has 1 saturated carbocycles. The molecule has 0 aromatic heterocycles. The molecule has 39 heavy (non-hydrogen) atoms. The number of ether oxygens (including phenoxy) is 5. The molecule has 2 aromatic carbocycles. The quantitative estimate of drug-likeness (QED) is 0.269. The van der Waals surface area contributed by atoms with Gasteiger partial charge in [0.05, 0.1) is 39.6 Å². The van der Waals surface area contributed by atoms with Gasteiger partial charge in [0, 0.05) is 18.0 Å². The first-order chi connectivity index (χ1) is 18.8. The van der Waals surface area contributed by atoms with Crippen LogP contribution in [-0.4, -0.2) is 71.6 Å². The number of thioether (sulfide) groups is 2. The van der Waals surface area contributed by atoms with Crippen LogP contribution in [0, 0.1) is 0 Å². The van der Waals surface area contributed by atoms with Crippen LogP contribution in [0.1, 0.15) is 56.6 Å². The first-order valence-corrected chi connectivity index (χ1v) is 15.8. The lowest BCUT2D eigenvalue weighted by Gasteiger charge is -2.43. The number of likely N-dealkylation sites (N-methyl/N-ethyl adjacent to an activating group) is 1. The Bertz CT molecular complexity index is 1070. The Morgan fingerprint density at radius 1 is 0.744 bits per heavy atom. The molecule has 1 atom stereocenters. The van der Waals surface area contributed by atoms with Gasteiger partial charge in [0.15, 0.2) is 23.0 Å². The van der Waals surface area contributed by atoms with E-state index in [1.165, 1.54) is 43.2 Å². The lowest BCUT2D eigenvalue weighted by atomic mass is 9.78. The second-order valence-corrected chi connectivity index (χ2v) is 13.8. The minimum absolute atomic E-state index is 0.0784. The molecule has 8 heteroatoms. The summed E-state index contributed by atoms with van der Waals surface area (Å²) in [4.78, 5) is 2.58. The van der Waals surface area contributed by atoms with E-state index in [9.17, 15) is 0 Å². The Balaban J connectivity index is 1.61. The lowest BCUT2D eigenvalue weighted by Crippen LogP contribution is -2.43. The molecule has 0 radical (unpaired) electrons. The number of benzene rings is 2. The molecule has 2 aromatic rings. The molecule has 2 fully saturated rings. The van der Waals surface area contributed by atoms with E-state index in [1.54, 1.807) is 35.5 Å². The van der Waals surface area contributed by atoms with Crippen molar-refractivity contribution in [2.75, 3.05) is 60.6 Å². The summed E-state index contributed by atoms with van der Waals surface area (Å²) in [5, 5.41) is 0. The minimum atomic E-state index is -0.0784. The highest BCUT2D eigenvalue weighted by Crippen LogP contribution is 2.56. The number of hydrogen-bond donors (Lipinski definition) is 0. The Labute approximate surface area is 243 Å². The van der Waals surface area contributed by atoms with Crippen molar-refractivity contribution in [1.29, 1.82) is 0 Å². The zero-order valence-corrected chi connectivity index (χ0v) is 26.3. The maximum Gasteiger partial charge on any atom is 0.203 e. The van der Waals surface area contributed by atoms with Crippen molar-refractivity contribution in [3.05, 3.63) is 41.5 Å². The first-order valence-electron chi connectivity index (χ1n) is 13.9. The van der Waals surface area contributed by atoms with Gasteiger partial charge in [-0.1, -0.05) is 18.9 Å². The highest BCUT2D eigenvalue weighted by atomic mass is 32.2. The van der Waals surface area contributed by atoms with Crippen molar-refractivity contribution in [3.8, 4) is 28.7 Å². The fourth-order valence-electron chi connectivity index (χ4n) is 6.21. The molecule has 1 aliphatic heterocycles. The number of rotatable bonds is 12. The molecule has 1 unspecified atom stereocenters. The third kappa shape index (κ3) is 6.23. The maximum absolute atomic E-state index is 5.74. The summed E-state index contributed by atoms with van der Waals surface area (Å²) in [6.45, 7) is 3.40. The van der Waals surface area contributed by atoms with Crippen LogP contribution in [0.15, 0.2) is 30.3 Å². The van der Waals surface area contributed by atoms with E-state index in [2.05, 4.69) is 72.7 Å². The Morgan fingerprint density at radius 3 is 1.85 bits per heavy atom. The van der Waals surface area contributed by atoms with E-state index in [4.69, 9.17) is 23.7 Å². The van der Waals surface area contributed by atoms with Crippen LogP contribution in [-0.2, 0) is 9.49 Å². The SMILES string of the molecule is COc1ccc(C2(CN(C)C(C)CC3(c4cc(OC)c(OC)c(OC)c4)SCCCS3)CCCC2)cc1OC. The van der Waals surface area contributed by atoms with E-state index >= 15 is 0 Å². The van der Waals surface area contributed by atoms with Gasteiger partial charge < -0.3 is 28.6 Å². The van der Waals surface area contributed by atoms with Gasteiger partial charge in [-0.3, -0.25) is 0 Å². The average Bonchev–Trinajstić information content (AvgIpc) is 3.45. The molecule has 1 aliphatic carbocycles. The van der Waals surface area contributed by atoms with Crippen LogP contribution in [0.3, 0.4) is 0 Å². The van der Waals surface area contributed by atoms with Gasteiger partial charge in [-0.25, -0.2) is 0 Å². The largest absolute Gasteiger partial charge is 0.493 e.